The maximum atomic E-state index is 12.2. The second kappa shape index (κ2) is 6.39. The molecule has 114 valence electrons. The number of nitrogens with one attached hydrogen (secondary N) is 1. The van der Waals surface area contributed by atoms with E-state index < -0.39 is 0 Å². The number of benzene rings is 1. The quantitative estimate of drug-likeness (QED) is 0.646. The molecule has 1 aliphatic heterocycles. The second-order valence-corrected chi connectivity index (χ2v) is 6.03. The van der Waals surface area contributed by atoms with Gasteiger partial charge in [-0.3, -0.25) is 9.59 Å². The van der Waals surface area contributed by atoms with Gasteiger partial charge < -0.3 is 10.2 Å². The molecule has 1 amide bonds. The van der Waals surface area contributed by atoms with Crippen LogP contribution in [0.1, 0.15) is 41.8 Å². The molecule has 1 atom stereocenters. The lowest BCUT2D eigenvalue weighted by molar-refractivity contribution is -0.114. The largest absolute Gasteiger partial charge is 0.316 e. The summed E-state index contributed by atoms with van der Waals surface area (Å²) in [6.07, 6.45) is 1.09. The number of nitrogens with zero attached hydrogens (tertiary/aromatic N) is 1. The Morgan fingerprint density at radius 1 is 1.24 bits per heavy atom. The Morgan fingerprint density at radius 3 is 2.62 bits per heavy atom. The van der Waals surface area contributed by atoms with Gasteiger partial charge in [-0.05, 0) is 56.5 Å². The highest BCUT2D eigenvalue weighted by molar-refractivity contribution is 6.52. The smallest absolute Gasteiger partial charge is 0.299 e. The van der Waals surface area contributed by atoms with Gasteiger partial charge in [-0.25, -0.2) is 0 Å². The maximum absolute atomic E-state index is 12.2. The number of fused-ring (bicyclic) bond motifs is 1. The van der Waals surface area contributed by atoms with Crippen LogP contribution >= 0.6 is 0 Å². The first kappa shape index (κ1) is 15.7. The van der Waals surface area contributed by atoms with E-state index in [0.717, 1.165) is 36.3 Å². The number of rotatable bonds is 6. The third-order valence-electron chi connectivity index (χ3n) is 3.81. The van der Waals surface area contributed by atoms with Gasteiger partial charge in [0.15, 0.2) is 0 Å². The molecule has 0 bridgehead atoms. The average molecular weight is 288 g/mol. The molecule has 1 aliphatic rings. The summed E-state index contributed by atoms with van der Waals surface area (Å²) in [5.74, 6) is -0.452. The Hall–Kier alpha value is -1.68. The number of anilines is 1. The fourth-order valence-electron chi connectivity index (χ4n) is 2.91. The lowest BCUT2D eigenvalue weighted by atomic mass is 10.0. The summed E-state index contributed by atoms with van der Waals surface area (Å²) in [6, 6.07) is 3.85. The molecule has 21 heavy (non-hydrogen) atoms. The number of ketones is 1. The predicted octanol–water partition coefficient (Wildman–Crippen LogP) is 2.47. The van der Waals surface area contributed by atoms with Crippen molar-refractivity contribution in [3.05, 3.63) is 28.8 Å². The van der Waals surface area contributed by atoms with Crippen LogP contribution in [0.4, 0.5) is 5.69 Å². The Labute approximate surface area is 126 Å². The molecule has 1 aromatic rings. The topological polar surface area (TPSA) is 49.4 Å². The van der Waals surface area contributed by atoms with Gasteiger partial charge in [-0.2, -0.15) is 0 Å². The SMILES string of the molecule is CCCNCC(C)CN1C(=O)C(=O)c2cc(C)cc(C)c21. The van der Waals surface area contributed by atoms with E-state index in [-0.39, 0.29) is 11.7 Å². The molecular formula is C17H24N2O2. The van der Waals surface area contributed by atoms with Crippen molar-refractivity contribution >= 4 is 17.4 Å². The highest BCUT2D eigenvalue weighted by Crippen LogP contribution is 2.33. The van der Waals surface area contributed by atoms with Crippen LogP contribution < -0.4 is 10.2 Å². The number of amides is 1. The predicted molar refractivity (Wildman–Crippen MR) is 84.9 cm³/mol. The normalized spacial score (nSPS) is 15.5. The highest BCUT2D eigenvalue weighted by atomic mass is 16.2. The third-order valence-corrected chi connectivity index (χ3v) is 3.81. The number of hydrogen-bond acceptors (Lipinski definition) is 3. The lowest BCUT2D eigenvalue weighted by Gasteiger charge is -2.23. The van der Waals surface area contributed by atoms with Crippen molar-refractivity contribution in [2.45, 2.75) is 34.1 Å². The molecule has 2 rings (SSSR count). The molecule has 0 spiro atoms. The van der Waals surface area contributed by atoms with Crippen LogP contribution in [0.2, 0.25) is 0 Å². The van der Waals surface area contributed by atoms with E-state index in [1.54, 1.807) is 4.90 Å². The van der Waals surface area contributed by atoms with E-state index in [9.17, 15) is 9.59 Å². The summed E-state index contributed by atoms with van der Waals surface area (Å²) < 4.78 is 0. The summed E-state index contributed by atoms with van der Waals surface area (Å²) in [7, 11) is 0. The Morgan fingerprint density at radius 2 is 1.95 bits per heavy atom. The Kier molecular flexibility index (Phi) is 4.78. The van der Waals surface area contributed by atoms with Crippen molar-refractivity contribution in [3.8, 4) is 0 Å². The molecule has 0 aromatic heterocycles. The van der Waals surface area contributed by atoms with Crippen molar-refractivity contribution in [2.24, 2.45) is 5.92 Å². The fourth-order valence-corrected chi connectivity index (χ4v) is 2.91. The van der Waals surface area contributed by atoms with Gasteiger partial charge in [0.25, 0.3) is 11.7 Å². The minimum Gasteiger partial charge on any atom is -0.316 e. The summed E-state index contributed by atoms with van der Waals surface area (Å²) in [6.45, 7) is 10.6. The van der Waals surface area contributed by atoms with Gasteiger partial charge in [0.05, 0.1) is 11.3 Å². The van der Waals surface area contributed by atoms with Crippen molar-refractivity contribution in [2.75, 3.05) is 24.5 Å². The first-order chi connectivity index (χ1) is 9.95. The summed E-state index contributed by atoms with van der Waals surface area (Å²) >= 11 is 0. The monoisotopic (exact) mass is 288 g/mol. The van der Waals surface area contributed by atoms with Gasteiger partial charge in [-0.1, -0.05) is 19.9 Å². The van der Waals surface area contributed by atoms with Gasteiger partial charge in [-0.15, -0.1) is 0 Å². The van der Waals surface area contributed by atoms with Crippen molar-refractivity contribution in [3.63, 3.8) is 0 Å². The molecule has 1 aromatic carbocycles. The van der Waals surface area contributed by atoms with Crippen LogP contribution in [0.25, 0.3) is 0 Å². The first-order valence-electron chi connectivity index (χ1n) is 7.63. The van der Waals surface area contributed by atoms with E-state index in [1.165, 1.54) is 0 Å². The molecule has 1 N–H and O–H groups in total. The standard InChI is InChI=1S/C17H24N2O2/c1-5-6-18-9-12(3)10-19-15-13(4)7-11(2)8-14(15)16(20)17(19)21/h7-8,12,18H,5-6,9-10H2,1-4H3. The van der Waals surface area contributed by atoms with Crippen molar-refractivity contribution in [1.29, 1.82) is 0 Å². The van der Waals surface area contributed by atoms with E-state index in [0.29, 0.717) is 18.0 Å². The molecular weight excluding hydrogens is 264 g/mol. The minimum atomic E-state index is -0.388. The summed E-state index contributed by atoms with van der Waals surface area (Å²) in [4.78, 5) is 26.1. The molecule has 0 saturated carbocycles. The summed E-state index contributed by atoms with van der Waals surface area (Å²) in [5.41, 5.74) is 3.38. The molecule has 1 heterocycles. The minimum absolute atomic E-state index is 0.306. The number of hydrogen-bond donors (Lipinski definition) is 1. The van der Waals surface area contributed by atoms with Crippen LogP contribution in [-0.4, -0.2) is 31.3 Å². The summed E-state index contributed by atoms with van der Waals surface area (Å²) in [5, 5.41) is 3.36. The third kappa shape index (κ3) is 3.16. The highest BCUT2D eigenvalue weighted by Gasteiger charge is 2.37. The number of aryl methyl sites for hydroxylation is 2. The van der Waals surface area contributed by atoms with Gasteiger partial charge in [0.2, 0.25) is 0 Å². The molecule has 0 aliphatic carbocycles. The van der Waals surface area contributed by atoms with Crippen LogP contribution in [0.15, 0.2) is 12.1 Å². The van der Waals surface area contributed by atoms with Gasteiger partial charge in [0, 0.05) is 6.54 Å². The number of carbonyl (C=O) groups excluding carboxylic acids is 2. The Bertz CT molecular complexity index is 566. The van der Waals surface area contributed by atoms with Crippen LogP contribution in [0.3, 0.4) is 0 Å². The zero-order valence-electron chi connectivity index (χ0n) is 13.3. The average Bonchev–Trinajstić information content (AvgIpc) is 2.64. The first-order valence-corrected chi connectivity index (χ1v) is 7.63. The van der Waals surface area contributed by atoms with Crippen molar-refractivity contribution in [1.82, 2.24) is 5.32 Å². The fraction of sp³-hybridized carbons (Fsp3) is 0.529. The second-order valence-electron chi connectivity index (χ2n) is 6.03. The zero-order chi connectivity index (χ0) is 15.6. The van der Waals surface area contributed by atoms with Crippen LogP contribution in [0.5, 0.6) is 0 Å². The Balaban J connectivity index is 2.19. The van der Waals surface area contributed by atoms with Gasteiger partial charge >= 0.3 is 0 Å². The van der Waals surface area contributed by atoms with E-state index in [2.05, 4.69) is 19.2 Å². The molecule has 0 fully saturated rings. The molecule has 0 radical (unpaired) electrons. The van der Waals surface area contributed by atoms with Gasteiger partial charge in [0.1, 0.15) is 0 Å². The van der Waals surface area contributed by atoms with E-state index in [1.807, 2.05) is 26.0 Å². The van der Waals surface area contributed by atoms with E-state index >= 15 is 0 Å². The number of Topliss-reactive ketones (excluding diaryl/α,β-unsaturated/α-hetero) is 1. The molecule has 0 saturated heterocycles. The zero-order valence-corrected chi connectivity index (χ0v) is 13.3. The van der Waals surface area contributed by atoms with Crippen LogP contribution in [-0.2, 0) is 4.79 Å². The number of carbonyl (C=O) groups is 2. The lowest BCUT2D eigenvalue weighted by Crippen LogP contribution is -2.37. The van der Waals surface area contributed by atoms with E-state index in [4.69, 9.17) is 0 Å². The molecule has 4 nitrogen and oxygen atoms in total. The van der Waals surface area contributed by atoms with Crippen LogP contribution in [0, 0.1) is 19.8 Å². The molecule has 1 unspecified atom stereocenters. The molecule has 4 heteroatoms. The van der Waals surface area contributed by atoms with Crippen molar-refractivity contribution < 1.29 is 9.59 Å². The maximum Gasteiger partial charge on any atom is 0.299 e.